The van der Waals surface area contributed by atoms with E-state index in [2.05, 4.69) is 15.6 Å². The number of aryl methyl sites for hydroxylation is 1. The topological polar surface area (TPSA) is 56.9 Å². The lowest BCUT2D eigenvalue weighted by atomic mass is 10.0. The number of carbonyl (C=O) groups is 1. The zero-order valence-corrected chi connectivity index (χ0v) is 10.3. The van der Waals surface area contributed by atoms with Crippen LogP contribution in [0.3, 0.4) is 0 Å². The van der Waals surface area contributed by atoms with E-state index in [4.69, 9.17) is 0 Å². The van der Waals surface area contributed by atoms with E-state index in [9.17, 15) is 9.18 Å². The van der Waals surface area contributed by atoms with Crippen LogP contribution in [0, 0.1) is 5.82 Å². The third-order valence-electron chi connectivity index (χ3n) is 3.22. The summed E-state index contributed by atoms with van der Waals surface area (Å²) < 4.78 is 13.9. The zero-order valence-electron chi connectivity index (χ0n) is 10.3. The number of rotatable bonds is 3. The van der Waals surface area contributed by atoms with Crippen molar-refractivity contribution in [2.45, 2.75) is 19.4 Å². The molecule has 2 heterocycles. The molecule has 0 saturated carbocycles. The maximum Gasteiger partial charge on any atom is 0.224 e. The Morgan fingerprint density at radius 2 is 2.21 bits per heavy atom. The number of hydrogen-bond donors (Lipinski definition) is 3. The Labute approximate surface area is 110 Å². The molecule has 3 rings (SSSR count). The highest BCUT2D eigenvalue weighted by Gasteiger charge is 2.17. The van der Waals surface area contributed by atoms with Crippen LogP contribution in [0.4, 0.5) is 15.8 Å². The van der Waals surface area contributed by atoms with E-state index in [0.29, 0.717) is 30.8 Å². The molecule has 1 aliphatic heterocycles. The van der Waals surface area contributed by atoms with Crippen molar-refractivity contribution >= 4 is 17.3 Å². The van der Waals surface area contributed by atoms with Crippen LogP contribution >= 0.6 is 0 Å². The van der Waals surface area contributed by atoms with Gasteiger partial charge in [-0.3, -0.25) is 4.79 Å². The van der Waals surface area contributed by atoms with Gasteiger partial charge < -0.3 is 15.6 Å². The fraction of sp³-hybridized carbons (Fsp3) is 0.214. The highest BCUT2D eigenvalue weighted by atomic mass is 19.1. The summed E-state index contributed by atoms with van der Waals surface area (Å²) in [7, 11) is 0. The molecule has 0 atom stereocenters. The largest absolute Gasteiger partial charge is 0.377 e. The van der Waals surface area contributed by atoms with Crippen molar-refractivity contribution in [2.24, 2.45) is 0 Å². The van der Waals surface area contributed by atoms with E-state index >= 15 is 0 Å². The van der Waals surface area contributed by atoms with Crippen molar-refractivity contribution in [2.75, 3.05) is 10.6 Å². The predicted octanol–water partition coefficient (Wildman–Crippen LogP) is 2.65. The van der Waals surface area contributed by atoms with Gasteiger partial charge in [-0.05, 0) is 36.2 Å². The number of H-pyrrole nitrogens is 1. The lowest BCUT2D eigenvalue weighted by molar-refractivity contribution is -0.116. The summed E-state index contributed by atoms with van der Waals surface area (Å²) in [6.07, 6.45) is 2.93. The molecule has 1 aliphatic rings. The van der Waals surface area contributed by atoms with E-state index in [-0.39, 0.29) is 11.7 Å². The highest BCUT2D eigenvalue weighted by Crippen LogP contribution is 2.28. The van der Waals surface area contributed by atoms with Crippen LogP contribution in [0.15, 0.2) is 30.5 Å². The highest BCUT2D eigenvalue weighted by molar-refractivity contribution is 5.94. The van der Waals surface area contributed by atoms with Crippen LogP contribution < -0.4 is 10.6 Å². The molecular formula is C14H14FN3O. The Morgan fingerprint density at radius 3 is 3.00 bits per heavy atom. The number of halogens is 1. The minimum atomic E-state index is -0.354. The lowest BCUT2D eigenvalue weighted by Crippen LogP contribution is -2.19. The summed E-state index contributed by atoms with van der Waals surface area (Å²) >= 11 is 0. The van der Waals surface area contributed by atoms with Gasteiger partial charge in [0.1, 0.15) is 5.82 Å². The lowest BCUT2D eigenvalue weighted by Gasteiger charge is -2.18. The Balaban J connectivity index is 1.80. The van der Waals surface area contributed by atoms with Gasteiger partial charge >= 0.3 is 0 Å². The molecule has 4 nitrogen and oxygen atoms in total. The number of carbonyl (C=O) groups excluding carboxylic acids is 1. The summed E-state index contributed by atoms with van der Waals surface area (Å²) in [6.45, 7) is 0.537. The van der Waals surface area contributed by atoms with Crippen molar-refractivity contribution < 1.29 is 9.18 Å². The summed E-state index contributed by atoms with van der Waals surface area (Å²) in [5.41, 5.74) is 3.00. The molecule has 0 aliphatic carbocycles. The Bertz CT molecular complexity index is 607. The van der Waals surface area contributed by atoms with Crippen molar-refractivity contribution in [1.82, 2.24) is 4.98 Å². The Kier molecular flexibility index (Phi) is 2.95. The molecule has 1 amide bonds. The standard InChI is InChI=1S/C14H14FN3O/c15-11-7-12-9(3-4-14(19)18-12)6-13(11)17-8-10-2-1-5-16-10/h1-2,5-7,16-17H,3-4,8H2,(H,18,19). The van der Waals surface area contributed by atoms with E-state index in [1.807, 2.05) is 18.3 Å². The molecule has 5 heteroatoms. The molecule has 19 heavy (non-hydrogen) atoms. The molecule has 0 spiro atoms. The minimum Gasteiger partial charge on any atom is -0.377 e. The predicted molar refractivity (Wildman–Crippen MR) is 71.5 cm³/mol. The molecule has 0 bridgehead atoms. The minimum absolute atomic E-state index is 0.0565. The molecule has 2 aromatic rings. The van der Waals surface area contributed by atoms with Crippen LogP contribution in [-0.4, -0.2) is 10.9 Å². The second-order valence-electron chi connectivity index (χ2n) is 4.59. The second kappa shape index (κ2) is 4.76. The number of aromatic nitrogens is 1. The van der Waals surface area contributed by atoms with Gasteiger partial charge in [-0.25, -0.2) is 4.39 Å². The van der Waals surface area contributed by atoms with Crippen molar-refractivity contribution in [3.05, 3.63) is 47.5 Å². The fourth-order valence-electron chi connectivity index (χ4n) is 2.21. The first-order valence-corrected chi connectivity index (χ1v) is 6.21. The van der Waals surface area contributed by atoms with Crippen LogP contribution in [0.25, 0.3) is 0 Å². The summed E-state index contributed by atoms with van der Waals surface area (Å²) in [5, 5.41) is 5.74. The van der Waals surface area contributed by atoms with Gasteiger partial charge in [0.05, 0.1) is 12.2 Å². The molecule has 0 fully saturated rings. The molecular weight excluding hydrogens is 245 g/mol. The van der Waals surface area contributed by atoms with Crippen molar-refractivity contribution in [3.8, 4) is 0 Å². The quantitative estimate of drug-likeness (QED) is 0.793. The fourth-order valence-corrected chi connectivity index (χ4v) is 2.21. The first-order chi connectivity index (χ1) is 9.22. The molecule has 1 aromatic carbocycles. The van der Waals surface area contributed by atoms with E-state index in [1.165, 1.54) is 6.07 Å². The van der Waals surface area contributed by atoms with Gasteiger partial charge in [0.15, 0.2) is 0 Å². The van der Waals surface area contributed by atoms with Crippen LogP contribution in [0.1, 0.15) is 17.7 Å². The van der Waals surface area contributed by atoms with Gasteiger partial charge in [0.25, 0.3) is 0 Å². The maximum atomic E-state index is 13.9. The molecule has 1 aromatic heterocycles. The SMILES string of the molecule is O=C1CCc2cc(NCc3ccc[nH]3)c(F)cc2N1. The maximum absolute atomic E-state index is 13.9. The Hall–Kier alpha value is -2.30. The van der Waals surface area contributed by atoms with Crippen molar-refractivity contribution in [3.63, 3.8) is 0 Å². The monoisotopic (exact) mass is 259 g/mol. The average molecular weight is 259 g/mol. The average Bonchev–Trinajstić information content (AvgIpc) is 2.89. The molecule has 0 saturated heterocycles. The number of amides is 1. The van der Waals surface area contributed by atoms with Crippen LogP contribution in [-0.2, 0) is 17.8 Å². The Morgan fingerprint density at radius 1 is 1.32 bits per heavy atom. The van der Waals surface area contributed by atoms with Crippen molar-refractivity contribution in [1.29, 1.82) is 0 Å². The molecule has 0 unspecified atom stereocenters. The van der Waals surface area contributed by atoms with Gasteiger partial charge in [0.2, 0.25) is 5.91 Å². The summed E-state index contributed by atoms with van der Waals surface area (Å²) in [4.78, 5) is 14.3. The number of aromatic amines is 1. The van der Waals surface area contributed by atoms with Gasteiger partial charge in [-0.1, -0.05) is 0 Å². The van der Waals surface area contributed by atoms with Gasteiger partial charge in [0, 0.05) is 24.0 Å². The molecule has 0 radical (unpaired) electrons. The molecule has 98 valence electrons. The second-order valence-corrected chi connectivity index (χ2v) is 4.59. The first kappa shape index (κ1) is 11.8. The van der Waals surface area contributed by atoms with Crippen LogP contribution in [0.5, 0.6) is 0 Å². The third kappa shape index (κ3) is 2.45. The number of benzene rings is 1. The zero-order chi connectivity index (χ0) is 13.2. The first-order valence-electron chi connectivity index (χ1n) is 6.21. The number of hydrogen-bond acceptors (Lipinski definition) is 2. The van der Waals surface area contributed by atoms with Crippen LogP contribution in [0.2, 0.25) is 0 Å². The number of fused-ring (bicyclic) bond motifs is 1. The van der Waals surface area contributed by atoms with Gasteiger partial charge in [-0.2, -0.15) is 0 Å². The smallest absolute Gasteiger partial charge is 0.224 e. The summed E-state index contributed by atoms with van der Waals surface area (Å²) in [6, 6.07) is 6.98. The third-order valence-corrected chi connectivity index (χ3v) is 3.22. The van der Waals surface area contributed by atoms with E-state index in [1.54, 1.807) is 6.07 Å². The van der Waals surface area contributed by atoms with E-state index in [0.717, 1.165) is 11.3 Å². The number of nitrogens with one attached hydrogen (secondary N) is 3. The number of anilines is 2. The summed E-state index contributed by atoms with van der Waals surface area (Å²) in [5.74, 6) is -0.411. The normalized spacial score (nSPS) is 13.8. The van der Waals surface area contributed by atoms with Gasteiger partial charge in [-0.15, -0.1) is 0 Å². The van der Waals surface area contributed by atoms with E-state index < -0.39 is 0 Å². The molecule has 3 N–H and O–H groups in total.